The van der Waals surface area contributed by atoms with Crippen LogP contribution in [0.5, 0.6) is 0 Å². The summed E-state index contributed by atoms with van der Waals surface area (Å²) in [6.45, 7) is 9.87. The first-order chi connectivity index (χ1) is 10.4. The van der Waals surface area contributed by atoms with Crippen LogP contribution in [0.1, 0.15) is 26.3 Å². The summed E-state index contributed by atoms with van der Waals surface area (Å²) in [5.74, 6) is 0. The number of ether oxygens (including phenoxy) is 1. The molecule has 1 N–H and O–H groups in total. The van der Waals surface area contributed by atoms with Crippen LogP contribution < -0.4 is 10.2 Å². The molecule has 1 aromatic carbocycles. The van der Waals surface area contributed by atoms with Gasteiger partial charge in [-0.2, -0.15) is 0 Å². The Hall–Kier alpha value is -1.91. The summed E-state index contributed by atoms with van der Waals surface area (Å²) in [6, 6.07) is 6.43. The first-order valence-corrected chi connectivity index (χ1v) is 8.03. The minimum atomic E-state index is -0.430. The third kappa shape index (κ3) is 3.13. The summed E-state index contributed by atoms with van der Waals surface area (Å²) in [5, 5.41) is 3.42. The molecule has 0 atom stereocenters. The Kier molecular flexibility index (Phi) is 3.89. The molecule has 2 aliphatic rings. The first-order valence-electron chi connectivity index (χ1n) is 8.03. The van der Waals surface area contributed by atoms with E-state index < -0.39 is 5.60 Å². The fraction of sp³-hybridized carbons (Fsp3) is 0.588. The average molecular weight is 303 g/mol. The largest absolute Gasteiger partial charge is 0.444 e. The lowest BCUT2D eigenvalue weighted by Gasteiger charge is -2.37. The van der Waals surface area contributed by atoms with Crippen LogP contribution in [0.25, 0.3) is 0 Å². The highest BCUT2D eigenvalue weighted by Gasteiger charge is 2.27. The van der Waals surface area contributed by atoms with E-state index in [4.69, 9.17) is 4.74 Å². The summed E-state index contributed by atoms with van der Waals surface area (Å²) < 4.78 is 5.45. The zero-order valence-electron chi connectivity index (χ0n) is 13.7. The molecule has 0 aromatic heterocycles. The number of hydrogen-bond donors (Lipinski definition) is 1. The van der Waals surface area contributed by atoms with Gasteiger partial charge in [-0.15, -0.1) is 0 Å². The van der Waals surface area contributed by atoms with E-state index in [1.165, 1.54) is 16.9 Å². The van der Waals surface area contributed by atoms with E-state index in [0.29, 0.717) is 13.1 Å². The van der Waals surface area contributed by atoms with E-state index >= 15 is 0 Å². The van der Waals surface area contributed by atoms with Crippen molar-refractivity contribution in [1.29, 1.82) is 0 Å². The maximum atomic E-state index is 12.1. The van der Waals surface area contributed by atoms with E-state index in [-0.39, 0.29) is 6.09 Å². The summed E-state index contributed by atoms with van der Waals surface area (Å²) >= 11 is 0. The van der Waals surface area contributed by atoms with Gasteiger partial charge in [-0.1, -0.05) is 6.07 Å². The minimum absolute atomic E-state index is 0.202. The summed E-state index contributed by atoms with van der Waals surface area (Å²) in [5.41, 5.74) is 3.55. The molecule has 0 unspecified atom stereocenters. The summed E-state index contributed by atoms with van der Waals surface area (Å²) in [7, 11) is 0. The molecule has 1 amide bonds. The van der Waals surface area contributed by atoms with E-state index in [0.717, 1.165) is 26.1 Å². The smallest absolute Gasteiger partial charge is 0.410 e. The predicted octanol–water partition coefficient (Wildman–Crippen LogP) is 2.71. The van der Waals surface area contributed by atoms with Crippen LogP contribution in [0.2, 0.25) is 0 Å². The van der Waals surface area contributed by atoms with Gasteiger partial charge in [0.2, 0.25) is 0 Å². The third-order valence-corrected chi connectivity index (χ3v) is 4.11. The van der Waals surface area contributed by atoms with Crippen molar-refractivity contribution >= 4 is 17.5 Å². The maximum Gasteiger partial charge on any atom is 0.410 e. The number of carbonyl (C=O) groups is 1. The van der Waals surface area contributed by atoms with Crippen molar-refractivity contribution in [3.63, 3.8) is 0 Å². The number of piperazine rings is 1. The SMILES string of the molecule is CC(C)(C)OC(=O)N1CCN(c2cccc3c2CCN3)CC1. The van der Waals surface area contributed by atoms with Crippen LogP contribution in [0, 0.1) is 0 Å². The highest BCUT2D eigenvalue weighted by atomic mass is 16.6. The number of anilines is 2. The number of nitrogens with zero attached hydrogens (tertiary/aromatic N) is 2. The molecule has 0 bridgehead atoms. The van der Waals surface area contributed by atoms with Gasteiger partial charge in [0.1, 0.15) is 5.60 Å². The van der Waals surface area contributed by atoms with Crippen LogP contribution in [0.15, 0.2) is 18.2 Å². The van der Waals surface area contributed by atoms with Crippen molar-refractivity contribution in [1.82, 2.24) is 4.90 Å². The monoisotopic (exact) mass is 303 g/mol. The number of hydrogen-bond acceptors (Lipinski definition) is 4. The summed E-state index contributed by atoms with van der Waals surface area (Å²) in [4.78, 5) is 16.3. The number of carbonyl (C=O) groups excluding carboxylic acids is 1. The minimum Gasteiger partial charge on any atom is -0.444 e. The number of benzene rings is 1. The standard InChI is InChI=1S/C17H25N3O2/c1-17(2,3)22-16(21)20-11-9-19(10-12-20)15-6-4-5-14-13(15)7-8-18-14/h4-6,18H,7-12H2,1-3H3. The van der Waals surface area contributed by atoms with Crippen molar-refractivity contribution in [2.45, 2.75) is 32.8 Å². The summed E-state index contributed by atoms with van der Waals surface area (Å²) in [6.07, 6.45) is 0.879. The predicted molar refractivity (Wildman–Crippen MR) is 88.7 cm³/mol. The van der Waals surface area contributed by atoms with Crippen molar-refractivity contribution in [2.24, 2.45) is 0 Å². The van der Waals surface area contributed by atoms with Gasteiger partial charge in [0.05, 0.1) is 0 Å². The Bertz CT molecular complexity index is 558. The molecule has 3 rings (SSSR count). The molecule has 0 aliphatic carbocycles. The molecular weight excluding hydrogens is 278 g/mol. The van der Waals surface area contributed by atoms with Crippen molar-refractivity contribution in [3.8, 4) is 0 Å². The normalized spacial score (nSPS) is 18.0. The molecule has 22 heavy (non-hydrogen) atoms. The molecule has 0 spiro atoms. The highest BCUT2D eigenvalue weighted by molar-refractivity contribution is 5.71. The Balaban J connectivity index is 1.63. The van der Waals surface area contributed by atoms with E-state index in [9.17, 15) is 4.79 Å². The molecule has 0 radical (unpaired) electrons. The molecule has 120 valence electrons. The van der Waals surface area contributed by atoms with Crippen molar-refractivity contribution in [3.05, 3.63) is 23.8 Å². The first kappa shape index (κ1) is 15.0. The Morgan fingerprint density at radius 2 is 1.91 bits per heavy atom. The van der Waals surface area contributed by atoms with Gasteiger partial charge in [-0.25, -0.2) is 4.79 Å². The Morgan fingerprint density at radius 3 is 2.59 bits per heavy atom. The van der Waals surface area contributed by atoms with E-state index in [2.05, 4.69) is 28.4 Å². The second-order valence-electron chi connectivity index (χ2n) is 6.93. The van der Waals surface area contributed by atoms with Crippen molar-refractivity contribution < 1.29 is 9.53 Å². The van der Waals surface area contributed by atoms with Crippen LogP contribution in [-0.4, -0.2) is 49.3 Å². The Morgan fingerprint density at radius 1 is 1.18 bits per heavy atom. The lowest BCUT2D eigenvalue weighted by Crippen LogP contribution is -2.50. The van der Waals surface area contributed by atoms with Crippen LogP contribution in [0.3, 0.4) is 0 Å². The quantitative estimate of drug-likeness (QED) is 0.866. The number of rotatable bonds is 1. The fourth-order valence-electron chi connectivity index (χ4n) is 3.08. The van der Waals surface area contributed by atoms with E-state index in [1.807, 2.05) is 25.7 Å². The lowest BCUT2D eigenvalue weighted by atomic mass is 10.1. The van der Waals surface area contributed by atoms with Gasteiger partial charge < -0.3 is 19.9 Å². The van der Waals surface area contributed by atoms with E-state index in [1.54, 1.807) is 0 Å². The maximum absolute atomic E-state index is 12.1. The van der Waals surface area contributed by atoms with Gasteiger partial charge in [-0.05, 0) is 39.3 Å². The molecule has 1 saturated heterocycles. The molecule has 1 aromatic rings. The lowest BCUT2D eigenvalue weighted by molar-refractivity contribution is 0.0240. The third-order valence-electron chi connectivity index (χ3n) is 4.11. The van der Waals surface area contributed by atoms with Crippen LogP contribution in [-0.2, 0) is 11.2 Å². The highest BCUT2D eigenvalue weighted by Crippen LogP contribution is 2.32. The van der Waals surface area contributed by atoms with Gasteiger partial charge in [0, 0.05) is 49.7 Å². The average Bonchev–Trinajstić information content (AvgIpc) is 2.94. The molecule has 5 heteroatoms. The fourth-order valence-corrected chi connectivity index (χ4v) is 3.08. The molecular formula is C17H25N3O2. The Labute approximate surface area is 132 Å². The van der Waals surface area contributed by atoms with Crippen LogP contribution >= 0.6 is 0 Å². The van der Waals surface area contributed by atoms with Crippen molar-refractivity contribution in [2.75, 3.05) is 42.9 Å². The van der Waals surface area contributed by atoms with Crippen LogP contribution in [0.4, 0.5) is 16.2 Å². The molecule has 2 aliphatic heterocycles. The van der Waals surface area contributed by atoms with Gasteiger partial charge in [0.25, 0.3) is 0 Å². The molecule has 0 saturated carbocycles. The topological polar surface area (TPSA) is 44.8 Å². The van der Waals surface area contributed by atoms with Gasteiger partial charge in [0.15, 0.2) is 0 Å². The molecule has 1 fully saturated rings. The van der Waals surface area contributed by atoms with Gasteiger partial charge >= 0.3 is 6.09 Å². The van der Waals surface area contributed by atoms with Gasteiger partial charge in [-0.3, -0.25) is 0 Å². The zero-order valence-corrected chi connectivity index (χ0v) is 13.7. The second-order valence-corrected chi connectivity index (χ2v) is 6.93. The zero-order chi connectivity index (χ0) is 15.7. The molecule has 5 nitrogen and oxygen atoms in total. The second kappa shape index (κ2) is 5.71. The number of nitrogens with one attached hydrogen (secondary N) is 1. The number of fused-ring (bicyclic) bond motifs is 1. The molecule has 2 heterocycles. The number of amides is 1.